The van der Waals surface area contributed by atoms with E-state index in [4.69, 9.17) is 0 Å². The molecule has 6 heteroatoms. The van der Waals surface area contributed by atoms with Gasteiger partial charge in [0.25, 0.3) is 5.91 Å². The molecule has 1 aromatic heterocycles. The summed E-state index contributed by atoms with van der Waals surface area (Å²) in [5.41, 5.74) is 3.26. The summed E-state index contributed by atoms with van der Waals surface area (Å²) >= 11 is 0. The van der Waals surface area contributed by atoms with Crippen LogP contribution < -0.4 is 15.1 Å². The summed E-state index contributed by atoms with van der Waals surface area (Å²) in [4.78, 5) is 25.8. The van der Waals surface area contributed by atoms with Gasteiger partial charge in [0.2, 0.25) is 0 Å². The molecule has 0 saturated carbocycles. The first-order chi connectivity index (χ1) is 13.1. The molecule has 1 amide bonds. The maximum absolute atomic E-state index is 12.7. The monoisotopic (exact) mass is 361 g/mol. The molecule has 1 aliphatic heterocycles. The van der Waals surface area contributed by atoms with Crippen LogP contribution in [0.2, 0.25) is 0 Å². The summed E-state index contributed by atoms with van der Waals surface area (Å²) < 4.78 is 0. The number of hydrogen-bond acceptors (Lipinski definition) is 5. The minimum atomic E-state index is -0.127. The summed E-state index contributed by atoms with van der Waals surface area (Å²) in [6.45, 7) is 2.03. The largest absolute Gasteiger partial charge is 0.378 e. The Morgan fingerprint density at radius 3 is 2.67 bits per heavy atom. The predicted octanol–water partition coefficient (Wildman–Crippen LogP) is 3.55. The van der Waals surface area contributed by atoms with Crippen LogP contribution in [0.4, 0.5) is 17.2 Å². The fourth-order valence-electron chi connectivity index (χ4n) is 3.43. The highest BCUT2D eigenvalue weighted by Gasteiger charge is 2.17. The Bertz CT molecular complexity index is 979. The van der Waals surface area contributed by atoms with Crippen molar-refractivity contribution in [2.45, 2.75) is 12.8 Å². The maximum atomic E-state index is 12.7. The van der Waals surface area contributed by atoms with Crippen molar-refractivity contribution >= 4 is 34.0 Å². The molecule has 0 radical (unpaired) electrons. The smallest absolute Gasteiger partial charge is 0.255 e. The number of carbonyl (C=O) groups excluding carboxylic acids is 1. The molecular weight excluding hydrogens is 338 g/mol. The molecule has 138 valence electrons. The SMILES string of the molecule is CN(C)c1cccc(C(=O)Nc2ccc3ncnc(N4CCCC4)c3c2)c1. The van der Waals surface area contributed by atoms with E-state index in [1.807, 2.05) is 61.5 Å². The van der Waals surface area contributed by atoms with Crippen molar-refractivity contribution in [3.63, 3.8) is 0 Å². The number of aromatic nitrogens is 2. The van der Waals surface area contributed by atoms with Crippen molar-refractivity contribution in [2.24, 2.45) is 0 Å². The highest BCUT2D eigenvalue weighted by atomic mass is 16.1. The molecule has 3 aromatic rings. The van der Waals surface area contributed by atoms with E-state index in [-0.39, 0.29) is 5.91 Å². The van der Waals surface area contributed by atoms with Crippen molar-refractivity contribution in [1.82, 2.24) is 9.97 Å². The molecular formula is C21H23N5O. The van der Waals surface area contributed by atoms with Crippen LogP contribution in [0.3, 0.4) is 0 Å². The topological polar surface area (TPSA) is 61.4 Å². The predicted molar refractivity (Wildman–Crippen MR) is 110 cm³/mol. The number of amides is 1. The van der Waals surface area contributed by atoms with Crippen LogP contribution in [0, 0.1) is 0 Å². The number of benzene rings is 2. The Kier molecular flexibility index (Phi) is 4.62. The van der Waals surface area contributed by atoms with E-state index in [9.17, 15) is 4.79 Å². The van der Waals surface area contributed by atoms with Crippen LogP contribution in [0.25, 0.3) is 10.9 Å². The third-order valence-electron chi connectivity index (χ3n) is 4.90. The van der Waals surface area contributed by atoms with Crippen LogP contribution in [-0.2, 0) is 0 Å². The first kappa shape index (κ1) is 17.3. The molecule has 2 heterocycles. The van der Waals surface area contributed by atoms with Crippen molar-refractivity contribution in [3.05, 3.63) is 54.4 Å². The first-order valence-corrected chi connectivity index (χ1v) is 9.20. The average molecular weight is 361 g/mol. The number of fused-ring (bicyclic) bond motifs is 1. The third kappa shape index (κ3) is 3.56. The molecule has 0 bridgehead atoms. The number of nitrogens with one attached hydrogen (secondary N) is 1. The van der Waals surface area contributed by atoms with Crippen LogP contribution in [0.5, 0.6) is 0 Å². The van der Waals surface area contributed by atoms with E-state index in [1.165, 1.54) is 12.8 Å². The van der Waals surface area contributed by atoms with Gasteiger partial charge >= 0.3 is 0 Å². The van der Waals surface area contributed by atoms with E-state index in [1.54, 1.807) is 6.33 Å². The average Bonchev–Trinajstić information content (AvgIpc) is 3.22. The van der Waals surface area contributed by atoms with E-state index < -0.39 is 0 Å². The summed E-state index contributed by atoms with van der Waals surface area (Å²) in [7, 11) is 3.92. The molecule has 2 aromatic carbocycles. The second-order valence-electron chi connectivity index (χ2n) is 7.02. The van der Waals surface area contributed by atoms with E-state index >= 15 is 0 Å². The molecule has 0 atom stereocenters. The minimum Gasteiger partial charge on any atom is -0.378 e. The number of rotatable bonds is 4. The molecule has 0 unspecified atom stereocenters. The van der Waals surface area contributed by atoms with Gasteiger partial charge in [-0.15, -0.1) is 0 Å². The molecule has 6 nitrogen and oxygen atoms in total. The Balaban J connectivity index is 1.63. The van der Waals surface area contributed by atoms with Crippen molar-refractivity contribution in [3.8, 4) is 0 Å². The lowest BCUT2D eigenvalue weighted by molar-refractivity contribution is 0.102. The van der Waals surface area contributed by atoms with Gasteiger partial charge in [-0.2, -0.15) is 0 Å². The standard InChI is InChI=1S/C21H23N5O/c1-25(2)17-7-5-6-15(12-17)21(27)24-16-8-9-19-18(13-16)20(23-14-22-19)26-10-3-4-11-26/h5-9,12-14H,3-4,10-11H2,1-2H3,(H,24,27). The Hall–Kier alpha value is -3.15. The summed E-state index contributed by atoms with van der Waals surface area (Å²) in [5, 5.41) is 3.97. The van der Waals surface area contributed by atoms with Gasteiger partial charge < -0.3 is 15.1 Å². The lowest BCUT2D eigenvalue weighted by atomic mass is 10.1. The zero-order valence-electron chi connectivity index (χ0n) is 15.6. The fraction of sp³-hybridized carbons (Fsp3) is 0.286. The summed E-state index contributed by atoms with van der Waals surface area (Å²) in [6, 6.07) is 13.4. The normalized spacial score (nSPS) is 13.8. The zero-order chi connectivity index (χ0) is 18.8. The first-order valence-electron chi connectivity index (χ1n) is 9.20. The Morgan fingerprint density at radius 2 is 1.89 bits per heavy atom. The lowest BCUT2D eigenvalue weighted by Crippen LogP contribution is -2.19. The van der Waals surface area contributed by atoms with E-state index in [0.29, 0.717) is 5.56 Å². The van der Waals surface area contributed by atoms with E-state index in [2.05, 4.69) is 20.2 Å². The van der Waals surface area contributed by atoms with E-state index in [0.717, 1.165) is 41.2 Å². The quantitative estimate of drug-likeness (QED) is 0.770. The van der Waals surface area contributed by atoms with Gasteiger partial charge in [-0.3, -0.25) is 4.79 Å². The van der Waals surface area contributed by atoms with Crippen LogP contribution in [-0.4, -0.2) is 43.1 Å². The zero-order valence-corrected chi connectivity index (χ0v) is 15.6. The van der Waals surface area contributed by atoms with Crippen LogP contribution in [0.1, 0.15) is 23.2 Å². The third-order valence-corrected chi connectivity index (χ3v) is 4.90. The van der Waals surface area contributed by atoms with Gasteiger partial charge in [0.15, 0.2) is 0 Å². The summed E-state index contributed by atoms with van der Waals surface area (Å²) in [6.07, 6.45) is 3.98. The molecule has 4 rings (SSSR count). The molecule has 0 spiro atoms. The Labute approximate surface area is 158 Å². The van der Waals surface area contributed by atoms with Gasteiger partial charge in [-0.05, 0) is 49.2 Å². The van der Waals surface area contributed by atoms with Crippen molar-refractivity contribution in [1.29, 1.82) is 0 Å². The molecule has 0 aliphatic carbocycles. The molecule has 1 saturated heterocycles. The van der Waals surface area contributed by atoms with Crippen LogP contribution >= 0.6 is 0 Å². The van der Waals surface area contributed by atoms with Gasteiger partial charge in [-0.1, -0.05) is 6.07 Å². The van der Waals surface area contributed by atoms with Crippen LogP contribution in [0.15, 0.2) is 48.8 Å². The van der Waals surface area contributed by atoms with Crippen molar-refractivity contribution in [2.75, 3.05) is 42.3 Å². The second-order valence-corrected chi connectivity index (χ2v) is 7.02. The molecule has 1 fully saturated rings. The fourth-order valence-corrected chi connectivity index (χ4v) is 3.43. The number of anilines is 3. The highest BCUT2D eigenvalue weighted by Crippen LogP contribution is 2.28. The number of nitrogens with zero attached hydrogens (tertiary/aromatic N) is 4. The van der Waals surface area contributed by atoms with Gasteiger partial charge in [0.1, 0.15) is 12.1 Å². The Morgan fingerprint density at radius 1 is 1.07 bits per heavy atom. The minimum absolute atomic E-state index is 0.127. The number of carbonyl (C=O) groups is 1. The second kappa shape index (κ2) is 7.23. The number of hydrogen-bond donors (Lipinski definition) is 1. The summed E-state index contributed by atoms with van der Waals surface area (Å²) in [5.74, 6) is 0.820. The highest BCUT2D eigenvalue weighted by molar-refractivity contribution is 6.06. The van der Waals surface area contributed by atoms with Gasteiger partial charge in [0.05, 0.1) is 5.52 Å². The van der Waals surface area contributed by atoms with Gasteiger partial charge in [0, 0.05) is 49.5 Å². The maximum Gasteiger partial charge on any atom is 0.255 e. The lowest BCUT2D eigenvalue weighted by Gasteiger charge is -2.18. The van der Waals surface area contributed by atoms with Crippen molar-refractivity contribution < 1.29 is 4.79 Å². The molecule has 1 aliphatic rings. The molecule has 1 N–H and O–H groups in total. The molecule has 27 heavy (non-hydrogen) atoms. The van der Waals surface area contributed by atoms with Gasteiger partial charge in [-0.25, -0.2) is 9.97 Å².